The lowest BCUT2D eigenvalue weighted by molar-refractivity contribution is -0.120. The van der Waals surface area contributed by atoms with E-state index in [1.54, 1.807) is 0 Å². The average molecular weight is 287 g/mol. The summed E-state index contributed by atoms with van der Waals surface area (Å²) in [6.07, 6.45) is 4.73. The Kier molecular flexibility index (Phi) is 7.01. The zero-order valence-corrected chi connectivity index (χ0v) is 13.5. The van der Waals surface area contributed by atoms with Crippen molar-refractivity contribution in [3.63, 3.8) is 0 Å². The third-order valence-electron chi connectivity index (χ3n) is 3.74. The molecule has 0 N–H and O–H groups in total. The first-order valence-electron chi connectivity index (χ1n) is 7.76. The maximum atomic E-state index is 12.4. The fourth-order valence-corrected chi connectivity index (χ4v) is 2.50. The summed E-state index contributed by atoms with van der Waals surface area (Å²) in [6, 6.07) is 3.93. The van der Waals surface area contributed by atoms with Gasteiger partial charge in [-0.1, -0.05) is 39.5 Å². The normalized spacial score (nSPS) is 13.5. The third kappa shape index (κ3) is 5.26. The van der Waals surface area contributed by atoms with Crippen LogP contribution in [-0.4, -0.2) is 15.8 Å². The Bertz CT molecular complexity index is 499. The highest BCUT2D eigenvalue weighted by Gasteiger charge is 2.25. The highest BCUT2D eigenvalue weighted by atomic mass is 16.1. The average Bonchev–Trinajstić information content (AvgIpc) is 2.43. The van der Waals surface area contributed by atoms with Crippen molar-refractivity contribution >= 4 is 5.78 Å². The molecule has 0 amide bonds. The third-order valence-corrected chi connectivity index (χ3v) is 3.74. The van der Waals surface area contributed by atoms with Gasteiger partial charge in [0.25, 0.3) is 0 Å². The summed E-state index contributed by atoms with van der Waals surface area (Å²) in [5, 5.41) is 9.34. The molecule has 1 aromatic heterocycles. The number of aromatic nitrogens is 2. The van der Waals surface area contributed by atoms with Crippen LogP contribution >= 0.6 is 0 Å². The summed E-state index contributed by atoms with van der Waals surface area (Å²) in [5.41, 5.74) is 1.59. The number of aryl methyl sites for hydroxylation is 2. The van der Waals surface area contributed by atoms with Crippen molar-refractivity contribution in [3.05, 3.63) is 23.3 Å². The van der Waals surface area contributed by atoms with Crippen LogP contribution in [0.3, 0.4) is 0 Å². The molecule has 1 aromatic rings. The molecule has 1 rings (SSSR count). The molecule has 21 heavy (non-hydrogen) atoms. The lowest BCUT2D eigenvalue weighted by atomic mass is 9.89. The topological polar surface area (TPSA) is 66.6 Å². The largest absolute Gasteiger partial charge is 0.298 e. The second-order valence-electron chi connectivity index (χ2n) is 5.66. The summed E-state index contributed by atoms with van der Waals surface area (Å²) in [4.78, 5) is 21.0. The van der Waals surface area contributed by atoms with E-state index in [4.69, 9.17) is 0 Å². The van der Waals surface area contributed by atoms with Gasteiger partial charge in [-0.2, -0.15) is 5.26 Å². The van der Waals surface area contributed by atoms with Crippen molar-refractivity contribution in [2.24, 2.45) is 5.92 Å². The number of hydrogen-bond donors (Lipinski definition) is 0. The summed E-state index contributed by atoms with van der Waals surface area (Å²) in [7, 11) is 0. The van der Waals surface area contributed by atoms with Gasteiger partial charge in [0.15, 0.2) is 17.5 Å². The van der Waals surface area contributed by atoms with Gasteiger partial charge in [-0.3, -0.25) is 4.79 Å². The molecule has 114 valence electrons. The van der Waals surface area contributed by atoms with Gasteiger partial charge >= 0.3 is 0 Å². The van der Waals surface area contributed by atoms with Crippen molar-refractivity contribution in [2.45, 2.75) is 65.7 Å². The molecule has 0 bridgehead atoms. The van der Waals surface area contributed by atoms with Crippen LogP contribution in [0.2, 0.25) is 0 Å². The van der Waals surface area contributed by atoms with E-state index in [1.165, 1.54) is 0 Å². The lowest BCUT2D eigenvalue weighted by Gasteiger charge is -2.15. The molecule has 0 radical (unpaired) electrons. The molecular formula is C17H25N3O. The molecule has 4 heteroatoms. The zero-order chi connectivity index (χ0) is 15.8. The van der Waals surface area contributed by atoms with Gasteiger partial charge in [-0.15, -0.1) is 0 Å². The van der Waals surface area contributed by atoms with Crippen LogP contribution in [0.25, 0.3) is 0 Å². The Hall–Kier alpha value is -1.76. The van der Waals surface area contributed by atoms with Gasteiger partial charge in [0.2, 0.25) is 0 Å². The number of nitriles is 1. The predicted molar refractivity (Wildman–Crippen MR) is 82.8 cm³/mol. The van der Waals surface area contributed by atoms with Gasteiger partial charge in [0.05, 0.1) is 6.07 Å². The van der Waals surface area contributed by atoms with Gasteiger partial charge in [-0.05, 0) is 25.8 Å². The van der Waals surface area contributed by atoms with Gasteiger partial charge in [0.1, 0.15) is 0 Å². The molecule has 0 spiro atoms. The second kappa shape index (κ2) is 8.51. The summed E-state index contributed by atoms with van der Waals surface area (Å²) in [5.74, 6) is -0.172. The molecule has 0 aliphatic heterocycles. The van der Waals surface area contributed by atoms with Crippen LogP contribution in [0.1, 0.15) is 69.1 Å². The highest BCUT2D eigenvalue weighted by molar-refractivity contribution is 5.87. The molecule has 0 aromatic carbocycles. The van der Waals surface area contributed by atoms with Gasteiger partial charge < -0.3 is 0 Å². The molecule has 0 fully saturated rings. The van der Waals surface area contributed by atoms with E-state index in [1.807, 2.05) is 19.9 Å². The van der Waals surface area contributed by atoms with Crippen molar-refractivity contribution in [2.75, 3.05) is 0 Å². The minimum atomic E-state index is -0.834. The number of rotatable bonds is 8. The SMILES string of the molecule is CCCC[C@H](CC)CC(=O)[C@H](C#N)c1nc(C)cc(C)n1. The molecule has 0 saturated heterocycles. The number of unbranched alkanes of at least 4 members (excludes halogenated alkanes) is 1. The minimum Gasteiger partial charge on any atom is -0.298 e. The molecule has 1 heterocycles. The lowest BCUT2D eigenvalue weighted by Crippen LogP contribution is -2.18. The van der Waals surface area contributed by atoms with Gasteiger partial charge in [0, 0.05) is 17.8 Å². The molecule has 2 atom stereocenters. The first-order valence-corrected chi connectivity index (χ1v) is 7.76. The number of nitrogens with zero attached hydrogens (tertiary/aromatic N) is 3. The number of hydrogen-bond acceptors (Lipinski definition) is 4. The smallest absolute Gasteiger partial charge is 0.164 e. The molecule has 0 saturated carbocycles. The van der Waals surface area contributed by atoms with Crippen LogP contribution < -0.4 is 0 Å². The number of carbonyl (C=O) groups excluding carboxylic acids is 1. The van der Waals surface area contributed by atoms with Crippen LogP contribution in [0.15, 0.2) is 6.07 Å². The first kappa shape index (κ1) is 17.3. The second-order valence-corrected chi connectivity index (χ2v) is 5.66. The summed E-state index contributed by atoms with van der Waals surface area (Å²) < 4.78 is 0. The summed E-state index contributed by atoms with van der Waals surface area (Å²) >= 11 is 0. The maximum Gasteiger partial charge on any atom is 0.164 e. The number of Topliss-reactive ketones (excluding diaryl/α,β-unsaturated/α-hetero) is 1. The van der Waals surface area contributed by atoms with Crippen molar-refractivity contribution in [1.82, 2.24) is 9.97 Å². The Morgan fingerprint density at radius 3 is 2.38 bits per heavy atom. The molecular weight excluding hydrogens is 262 g/mol. The van der Waals surface area contributed by atoms with Crippen molar-refractivity contribution < 1.29 is 4.79 Å². The van der Waals surface area contributed by atoms with E-state index in [-0.39, 0.29) is 5.78 Å². The Balaban J connectivity index is 2.84. The molecule has 0 aliphatic carbocycles. The van der Waals surface area contributed by atoms with E-state index in [2.05, 4.69) is 29.9 Å². The van der Waals surface area contributed by atoms with Crippen LogP contribution in [0.5, 0.6) is 0 Å². The maximum absolute atomic E-state index is 12.4. The van der Waals surface area contributed by atoms with Crippen molar-refractivity contribution in [1.29, 1.82) is 5.26 Å². The highest BCUT2D eigenvalue weighted by Crippen LogP contribution is 2.22. The van der Waals surface area contributed by atoms with E-state index in [0.29, 0.717) is 18.2 Å². The van der Waals surface area contributed by atoms with Crippen LogP contribution in [0, 0.1) is 31.1 Å². The first-order chi connectivity index (χ1) is 10.0. The fraction of sp³-hybridized carbons (Fsp3) is 0.647. The fourth-order valence-electron chi connectivity index (χ4n) is 2.50. The minimum absolute atomic E-state index is 0.0505. The van der Waals surface area contributed by atoms with Crippen LogP contribution in [0.4, 0.5) is 0 Å². The van der Waals surface area contributed by atoms with Gasteiger partial charge in [-0.25, -0.2) is 9.97 Å². The van der Waals surface area contributed by atoms with E-state index < -0.39 is 5.92 Å². The van der Waals surface area contributed by atoms with E-state index in [0.717, 1.165) is 37.1 Å². The Morgan fingerprint density at radius 2 is 1.90 bits per heavy atom. The van der Waals surface area contributed by atoms with Crippen LogP contribution in [-0.2, 0) is 4.79 Å². The van der Waals surface area contributed by atoms with Crippen molar-refractivity contribution in [3.8, 4) is 6.07 Å². The number of carbonyl (C=O) groups is 1. The molecule has 0 unspecified atom stereocenters. The van der Waals surface area contributed by atoms with E-state index in [9.17, 15) is 10.1 Å². The predicted octanol–water partition coefficient (Wildman–Crippen LogP) is 3.88. The quantitative estimate of drug-likeness (QED) is 0.727. The van der Waals surface area contributed by atoms with E-state index >= 15 is 0 Å². The zero-order valence-electron chi connectivity index (χ0n) is 13.5. The Morgan fingerprint density at radius 1 is 1.29 bits per heavy atom. The molecule has 0 aliphatic rings. The molecule has 4 nitrogen and oxygen atoms in total. The monoisotopic (exact) mass is 287 g/mol. The Labute approximate surface area is 127 Å². The number of ketones is 1. The standard InChI is InChI=1S/C17H25N3O/c1-5-7-8-14(6-2)10-16(21)15(11-18)17-19-12(3)9-13(4)20-17/h9,14-15H,5-8,10H2,1-4H3/t14-,15-/m0/s1. The summed E-state index contributed by atoms with van der Waals surface area (Å²) in [6.45, 7) is 7.96.